The number of thiophene rings is 1. The van der Waals surface area contributed by atoms with Crippen molar-refractivity contribution in [1.29, 1.82) is 0 Å². The molecule has 0 aromatic carbocycles. The van der Waals surface area contributed by atoms with Crippen LogP contribution in [0, 0.1) is 0 Å². The fraction of sp³-hybridized carbons (Fsp3) is 0.312. The summed E-state index contributed by atoms with van der Waals surface area (Å²) in [4.78, 5) is 15.8. The quantitative estimate of drug-likeness (QED) is 0.726. The molecule has 22 heavy (non-hydrogen) atoms. The molecular formula is C16H16N4S2. The summed E-state index contributed by atoms with van der Waals surface area (Å²) in [5.41, 5.74) is 2.57. The van der Waals surface area contributed by atoms with Gasteiger partial charge < -0.3 is 0 Å². The summed E-state index contributed by atoms with van der Waals surface area (Å²) in [6.07, 6.45) is 6.03. The van der Waals surface area contributed by atoms with Gasteiger partial charge in [0, 0.05) is 30.4 Å². The molecule has 0 amide bonds. The molecule has 4 rings (SSSR count). The first-order valence-electron chi connectivity index (χ1n) is 7.38. The van der Waals surface area contributed by atoms with Crippen molar-refractivity contribution in [2.45, 2.75) is 25.4 Å². The summed E-state index contributed by atoms with van der Waals surface area (Å²) in [6.45, 7) is 2.05. The Balaban J connectivity index is 1.51. The third kappa shape index (κ3) is 2.82. The maximum absolute atomic E-state index is 4.71. The van der Waals surface area contributed by atoms with Crippen LogP contribution in [-0.4, -0.2) is 26.4 Å². The van der Waals surface area contributed by atoms with Gasteiger partial charge in [0.1, 0.15) is 0 Å². The van der Waals surface area contributed by atoms with Crippen LogP contribution in [0.1, 0.15) is 30.1 Å². The fourth-order valence-electron chi connectivity index (χ4n) is 2.96. The van der Waals surface area contributed by atoms with Crippen molar-refractivity contribution in [3.05, 3.63) is 51.9 Å². The molecule has 4 nitrogen and oxygen atoms in total. The normalized spacial score (nSPS) is 18.8. The number of hydrogen-bond donors (Lipinski definition) is 0. The van der Waals surface area contributed by atoms with E-state index in [2.05, 4.69) is 37.1 Å². The van der Waals surface area contributed by atoms with Crippen LogP contribution in [0.15, 0.2) is 40.7 Å². The molecule has 0 saturated carbocycles. The van der Waals surface area contributed by atoms with Gasteiger partial charge in [-0.2, -0.15) is 11.3 Å². The van der Waals surface area contributed by atoms with Gasteiger partial charge in [-0.05, 0) is 47.8 Å². The van der Waals surface area contributed by atoms with Crippen LogP contribution in [0.4, 0.5) is 0 Å². The zero-order valence-electron chi connectivity index (χ0n) is 12.1. The number of nitrogens with zero attached hydrogens (tertiary/aromatic N) is 4. The zero-order valence-corrected chi connectivity index (χ0v) is 13.7. The number of aromatic nitrogens is 3. The molecule has 112 valence electrons. The van der Waals surface area contributed by atoms with Crippen molar-refractivity contribution >= 4 is 22.7 Å². The molecular weight excluding hydrogens is 312 g/mol. The molecule has 1 atom stereocenters. The third-order valence-electron chi connectivity index (χ3n) is 3.97. The summed E-state index contributed by atoms with van der Waals surface area (Å²) in [6, 6.07) is 4.62. The average Bonchev–Trinajstić information content (AvgIpc) is 3.30. The van der Waals surface area contributed by atoms with Crippen molar-refractivity contribution in [2.24, 2.45) is 0 Å². The van der Waals surface area contributed by atoms with Gasteiger partial charge >= 0.3 is 0 Å². The lowest BCUT2D eigenvalue weighted by Gasteiger charge is -2.22. The second kappa shape index (κ2) is 6.24. The number of rotatable bonds is 4. The van der Waals surface area contributed by atoms with Crippen LogP contribution in [0.5, 0.6) is 0 Å². The van der Waals surface area contributed by atoms with Crippen LogP contribution in [0.3, 0.4) is 0 Å². The molecule has 0 bridgehead atoms. The van der Waals surface area contributed by atoms with Crippen molar-refractivity contribution in [2.75, 3.05) is 6.54 Å². The van der Waals surface area contributed by atoms with Gasteiger partial charge in [-0.1, -0.05) is 0 Å². The van der Waals surface area contributed by atoms with Gasteiger partial charge in [0.15, 0.2) is 10.8 Å². The average molecular weight is 328 g/mol. The van der Waals surface area contributed by atoms with Crippen LogP contribution in [-0.2, 0) is 6.54 Å². The lowest BCUT2D eigenvalue weighted by atomic mass is 10.1. The Kier molecular flexibility index (Phi) is 3.97. The summed E-state index contributed by atoms with van der Waals surface area (Å²) < 4.78 is 0. The van der Waals surface area contributed by atoms with Crippen LogP contribution < -0.4 is 0 Å². The van der Waals surface area contributed by atoms with Gasteiger partial charge in [-0.3, -0.25) is 4.90 Å². The maximum atomic E-state index is 4.71. The minimum absolute atomic E-state index is 0.546. The van der Waals surface area contributed by atoms with Crippen molar-refractivity contribution in [1.82, 2.24) is 19.9 Å². The Morgan fingerprint density at radius 2 is 2.14 bits per heavy atom. The van der Waals surface area contributed by atoms with E-state index in [4.69, 9.17) is 4.98 Å². The summed E-state index contributed by atoms with van der Waals surface area (Å²) in [5.74, 6) is 0.717. The highest BCUT2D eigenvalue weighted by molar-refractivity contribution is 7.13. The summed E-state index contributed by atoms with van der Waals surface area (Å²) in [7, 11) is 0. The van der Waals surface area contributed by atoms with Crippen molar-refractivity contribution < 1.29 is 0 Å². The molecule has 1 aliphatic rings. The second-order valence-corrected chi connectivity index (χ2v) is 7.04. The molecule has 3 aromatic rings. The molecule has 0 aliphatic carbocycles. The van der Waals surface area contributed by atoms with E-state index in [1.165, 1.54) is 18.4 Å². The Bertz CT molecular complexity index is 724. The predicted molar refractivity (Wildman–Crippen MR) is 89.8 cm³/mol. The minimum atomic E-state index is 0.546. The topological polar surface area (TPSA) is 41.9 Å². The Morgan fingerprint density at radius 3 is 2.95 bits per heavy atom. The highest BCUT2D eigenvalue weighted by Gasteiger charge is 2.26. The molecule has 0 N–H and O–H groups in total. The van der Waals surface area contributed by atoms with E-state index in [1.54, 1.807) is 35.1 Å². The molecule has 0 radical (unpaired) electrons. The maximum Gasteiger partial charge on any atom is 0.188 e. The van der Waals surface area contributed by atoms with Crippen molar-refractivity contribution in [3.63, 3.8) is 0 Å². The van der Waals surface area contributed by atoms with Gasteiger partial charge in [0.05, 0.1) is 5.69 Å². The molecule has 1 aliphatic heterocycles. The molecule has 0 spiro atoms. The van der Waals surface area contributed by atoms with Crippen LogP contribution >= 0.6 is 22.7 Å². The predicted octanol–water partition coefficient (Wildman–Crippen LogP) is 4.00. The first kappa shape index (κ1) is 14.0. The van der Waals surface area contributed by atoms with E-state index in [-0.39, 0.29) is 0 Å². The Hall–Kier alpha value is -1.63. The largest absolute Gasteiger partial charge is 0.290 e. The lowest BCUT2D eigenvalue weighted by Crippen LogP contribution is -2.22. The molecule has 6 heteroatoms. The highest BCUT2D eigenvalue weighted by Crippen LogP contribution is 2.34. The third-order valence-corrected chi connectivity index (χ3v) is 5.55. The standard InChI is InChI=1S/C16H16N4S2/c1-3-14(12-4-8-21-10-12)20(7-1)9-13-11-22-16(19-13)15-17-5-2-6-18-15/h2,4-6,8,10-11,14H,1,3,7,9H2/t14-/m1/s1. The molecule has 4 heterocycles. The fourth-order valence-corrected chi connectivity index (χ4v) is 4.42. The lowest BCUT2D eigenvalue weighted by molar-refractivity contribution is 0.246. The van der Waals surface area contributed by atoms with Gasteiger partial charge in [0.25, 0.3) is 0 Å². The smallest absolute Gasteiger partial charge is 0.188 e. The summed E-state index contributed by atoms with van der Waals surface area (Å²) >= 11 is 3.40. The van der Waals surface area contributed by atoms with Gasteiger partial charge in [-0.25, -0.2) is 15.0 Å². The van der Waals surface area contributed by atoms with E-state index >= 15 is 0 Å². The number of likely N-dealkylation sites (tertiary alicyclic amines) is 1. The Morgan fingerprint density at radius 1 is 1.23 bits per heavy atom. The monoisotopic (exact) mass is 328 g/mol. The van der Waals surface area contributed by atoms with Crippen LogP contribution in [0.25, 0.3) is 10.8 Å². The molecule has 3 aromatic heterocycles. The molecule has 1 fully saturated rings. The van der Waals surface area contributed by atoms with E-state index in [9.17, 15) is 0 Å². The molecule has 1 saturated heterocycles. The Labute approximate surface area is 137 Å². The van der Waals surface area contributed by atoms with E-state index in [1.807, 2.05) is 6.07 Å². The first-order valence-corrected chi connectivity index (χ1v) is 9.20. The van der Waals surface area contributed by atoms with E-state index in [0.717, 1.165) is 29.6 Å². The second-order valence-electron chi connectivity index (χ2n) is 5.40. The number of hydrogen-bond acceptors (Lipinski definition) is 6. The van der Waals surface area contributed by atoms with Crippen LogP contribution in [0.2, 0.25) is 0 Å². The van der Waals surface area contributed by atoms with Crippen molar-refractivity contribution in [3.8, 4) is 10.8 Å². The van der Waals surface area contributed by atoms with Gasteiger partial charge in [-0.15, -0.1) is 11.3 Å². The number of thiazole rings is 1. The van der Waals surface area contributed by atoms with E-state index < -0.39 is 0 Å². The highest BCUT2D eigenvalue weighted by atomic mass is 32.1. The minimum Gasteiger partial charge on any atom is -0.290 e. The zero-order chi connectivity index (χ0) is 14.8. The SMILES string of the molecule is c1cnc(-c2nc(CN3CCC[C@@H]3c3ccsc3)cs2)nc1. The first-order chi connectivity index (χ1) is 10.9. The van der Waals surface area contributed by atoms with E-state index in [0.29, 0.717) is 6.04 Å². The van der Waals surface area contributed by atoms with Gasteiger partial charge in [0.2, 0.25) is 0 Å². The summed E-state index contributed by atoms with van der Waals surface area (Å²) in [5, 5.41) is 7.48. The molecule has 0 unspecified atom stereocenters.